The number of benzene rings is 1. The first-order valence-corrected chi connectivity index (χ1v) is 5.28. The molecule has 0 aliphatic heterocycles. The van der Waals surface area contributed by atoms with E-state index in [2.05, 4.69) is 26.0 Å². The van der Waals surface area contributed by atoms with Gasteiger partial charge in [0.1, 0.15) is 6.04 Å². The van der Waals surface area contributed by atoms with Crippen molar-refractivity contribution in [2.75, 3.05) is 6.54 Å². The molecule has 0 aliphatic rings. The highest BCUT2D eigenvalue weighted by atomic mass is 16.1. The number of primary amides is 1. The van der Waals surface area contributed by atoms with Crippen molar-refractivity contribution in [3.8, 4) is 0 Å². The summed E-state index contributed by atoms with van der Waals surface area (Å²) in [6.45, 7) is 4.64. The molecule has 0 heterocycles. The average molecular weight is 207 g/mol. The number of hydrogen-bond acceptors (Lipinski definition) is 1. The second-order valence-corrected chi connectivity index (χ2v) is 4.09. The molecule has 0 spiro atoms. The van der Waals surface area contributed by atoms with Crippen LogP contribution in [0.1, 0.15) is 25.5 Å². The fraction of sp³-hybridized carbons (Fsp3) is 0.417. The van der Waals surface area contributed by atoms with Gasteiger partial charge in [0.15, 0.2) is 6.54 Å². The molecule has 1 rings (SSSR count). The largest absolute Gasteiger partial charge is 0.365 e. The van der Waals surface area contributed by atoms with E-state index in [1.807, 2.05) is 23.5 Å². The Bertz CT molecular complexity index is 309. The third-order valence-electron chi connectivity index (χ3n) is 2.48. The summed E-state index contributed by atoms with van der Waals surface area (Å²) in [6.07, 6.45) is 0. The maximum absolute atomic E-state index is 10.7. The molecule has 1 atom stereocenters. The second kappa shape index (κ2) is 5.51. The van der Waals surface area contributed by atoms with Crippen molar-refractivity contribution in [3.63, 3.8) is 0 Å². The summed E-state index contributed by atoms with van der Waals surface area (Å²) in [6, 6.07) is 10.5. The molecule has 0 aliphatic carbocycles. The molecule has 1 aromatic carbocycles. The first kappa shape index (κ1) is 11.7. The standard InChI is InChI=1S/C12H18N2O/c1-9(2)12(14-8-11(13)15)10-6-4-3-5-7-10/h3-7,9,12,14H,8H2,1-2H3,(H2,13,15)/p+1/t12-/m1/s1. The second-order valence-electron chi connectivity index (χ2n) is 4.09. The molecule has 0 radical (unpaired) electrons. The fourth-order valence-electron chi connectivity index (χ4n) is 1.71. The summed E-state index contributed by atoms with van der Waals surface area (Å²) < 4.78 is 0. The maximum atomic E-state index is 10.7. The lowest BCUT2D eigenvalue weighted by Crippen LogP contribution is -2.88. The smallest absolute Gasteiger partial charge is 0.272 e. The number of carbonyl (C=O) groups is 1. The van der Waals surface area contributed by atoms with E-state index in [9.17, 15) is 4.79 Å². The Labute approximate surface area is 90.7 Å². The molecule has 0 unspecified atom stereocenters. The third-order valence-corrected chi connectivity index (χ3v) is 2.48. The van der Waals surface area contributed by atoms with Gasteiger partial charge in [-0.15, -0.1) is 0 Å². The van der Waals surface area contributed by atoms with E-state index >= 15 is 0 Å². The summed E-state index contributed by atoms with van der Waals surface area (Å²) in [5.41, 5.74) is 6.39. The Hall–Kier alpha value is -1.35. The van der Waals surface area contributed by atoms with Crippen LogP contribution in [0, 0.1) is 5.92 Å². The Morgan fingerprint density at radius 1 is 1.33 bits per heavy atom. The third kappa shape index (κ3) is 3.72. The number of quaternary nitrogens is 1. The normalized spacial score (nSPS) is 12.7. The number of carbonyl (C=O) groups excluding carboxylic acids is 1. The minimum atomic E-state index is -0.267. The molecular formula is C12H19N2O+. The minimum Gasteiger partial charge on any atom is -0.365 e. The summed E-state index contributed by atoms with van der Waals surface area (Å²) in [7, 11) is 0. The van der Waals surface area contributed by atoms with E-state index in [1.54, 1.807) is 0 Å². The molecule has 0 saturated heterocycles. The van der Waals surface area contributed by atoms with Gasteiger partial charge in [0.2, 0.25) is 0 Å². The van der Waals surface area contributed by atoms with Gasteiger partial charge in [-0.1, -0.05) is 44.2 Å². The molecule has 0 fully saturated rings. The molecule has 82 valence electrons. The molecule has 4 N–H and O–H groups in total. The quantitative estimate of drug-likeness (QED) is 0.723. The molecule has 3 nitrogen and oxygen atoms in total. The Morgan fingerprint density at radius 2 is 1.93 bits per heavy atom. The highest BCUT2D eigenvalue weighted by molar-refractivity contribution is 5.74. The Balaban J connectivity index is 2.70. The number of amides is 1. The minimum absolute atomic E-state index is 0.267. The zero-order valence-corrected chi connectivity index (χ0v) is 9.31. The molecular weight excluding hydrogens is 188 g/mol. The van der Waals surface area contributed by atoms with E-state index in [-0.39, 0.29) is 5.91 Å². The molecule has 0 saturated carbocycles. The van der Waals surface area contributed by atoms with E-state index in [0.29, 0.717) is 18.5 Å². The van der Waals surface area contributed by atoms with Gasteiger partial charge >= 0.3 is 0 Å². The predicted molar refractivity (Wildman–Crippen MR) is 60.0 cm³/mol. The van der Waals surface area contributed by atoms with Gasteiger partial charge in [0.25, 0.3) is 5.91 Å². The molecule has 0 bridgehead atoms. The monoisotopic (exact) mass is 207 g/mol. The van der Waals surface area contributed by atoms with Gasteiger partial charge in [-0.05, 0) is 0 Å². The Morgan fingerprint density at radius 3 is 2.40 bits per heavy atom. The van der Waals surface area contributed by atoms with Crippen LogP contribution in [0.5, 0.6) is 0 Å². The van der Waals surface area contributed by atoms with Crippen molar-refractivity contribution in [2.45, 2.75) is 19.9 Å². The Kier molecular flexibility index (Phi) is 4.31. The fourth-order valence-corrected chi connectivity index (χ4v) is 1.71. The van der Waals surface area contributed by atoms with Crippen LogP contribution in [0.25, 0.3) is 0 Å². The highest BCUT2D eigenvalue weighted by Crippen LogP contribution is 2.16. The topological polar surface area (TPSA) is 59.7 Å². The molecule has 3 heteroatoms. The van der Waals surface area contributed by atoms with Crippen molar-refractivity contribution in [1.29, 1.82) is 0 Å². The van der Waals surface area contributed by atoms with Crippen LogP contribution in [0.2, 0.25) is 0 Å². The summed E-state index contributed by atoms with van der Waals surface area (Å²) in [5.74, 6) is 0.211. The van der Waals surface area contributed by atoms with Crippen LogP contribution in [-0.2, 0) is 4.79 Å². The summed E-state index contributed by atoms with van der Waals surface area (Å²) >= 11 is 0. The van der Waals surface area contributed by atoms with Gasteiger partial charge in [-0.25, -0.2) is 0 Å². The van der Waals surface area contributed by atoms with Crippen molar-refractivity contribution >= 4 is 5.91 Å². The van der Waals surface area contributed by atoms with E-state index in [0.717, 1.165) is 0 Å². The number of rotatable bonds is 5. The van der Waals surface area contributed by atoms with Gasteiger partial charge in [-0.2, -0.15) is 0 Å². The molecule has 1 aromatic rings. The first-order chi connectivity index (χ1) is 7.11. The van der Waals surface area contributed by atoms with Crippen LogP contribution in [0.4, 0.5) is 0 Å². The van der Waals surface area contributed by atoms with Crippen LogP contribution in [-0.4, -0.2) is 12.5 Å². The predicted octanol–water partition coefficient (Wildman–Crippen LogP) is 0.432. The van der Waals surface area contributed by atoms with Gasteiger partial charge in [0.05, 0.1) is 0 Å². The summed E-state index contributed by atoms with van der Waals surface area (Å²) in [5, 5.41) is 2.00. The SMILES string of the molecule is CC(C)[C@@H]([NH2+]CC(N)=O)c1ccccc1. The number of hydrogen-bond donors (Lipinski definition) is 2. The maximum Gasteiger partial charge on any atom is 0.272 e. The summed E-state index contributed by atoms with van der Waals surface area (Å²) in [4.78, 5) is 10.7. The van der Waals surface area contributed by atoms with Crippen molar-refractivity contribution in [1.82, 2.24) is 0 Å². The van der Waals surface area contributed by atoms with Crippen LogP contribution in [0.3, 0.4) is 0 Å². The van der Waals surface area contributed by atoms with Gasteiger partial charge in [0, 0.05) is 11.5 Å². The average Bonchev–Trinajstić information content (AvgIpc) is 2.18. The van der Waals surface area contributed by atoms with E-state index in [1.165, 1.54) is 5.56 Å². The van der Waals surface area contributed by atoms with Crippen molar-refractivity contribution in [2.24, 2.45) is 11.7 Å². The van der Waals surface area contributed by atoms with Crippen LogP contribution < -0.4 is 11.1 Å². The van der Waals surface area contributed by atoms with Crippen LogP contribution in [0.15, 0.2) is 30.3 Å². The molecule has 1 amide bonds. The molecule has 15 heavy (non-hydrogen) atoms. The number of nitrogens with two attached hydrogens (primary N) is 2. The van der Waals surface area contributed by atoms with Gasteiger partial charge < -0.3 is 11.1 Å². The lowest BCUT2D eigenvalue weighted by Gasteiger charge is -2.18. The van der Waals surface area contributed by atoms with Crippen LogP contribution >= 0.6 is 0 Å². The molecule has 0 aromatic heterocycles. The lowest BCUT2D eigenvalue weighted by molar-refractivity contribution is -0.692. The van der Waals surface area contributed by atoms with Crippen molar-refractivity contribution < 1.29 is 10.1 Å². The van der Waals surface area contributed by atoms with Crippen molar-refractivity contribution in [3.05, 3.63) is 35.9 Å². The first-order valence-electron chi connectivity index (χ1n) is 5.28. The zero-order valence-electron chi connectivity index (χ0n) is 9.31. The van der Waals surface area contributed by atoms with Gasteiger partial charge in [-0.3, -0.25) is 4.79 Å². The zero-order chi connectivity index (χ0) is 11.3. The highest BCUT2D eigenvalue weighted by Gasteiger charge is 2.19. The van der Waals surface area contributed by atoms with E-state index < -0.39 is 0 Å². The lowest BCUT2D eigenvalue weighted by atomic mass is 9.96. The van der Waals surface area contributed by atoms with E-state index in [4.69, 9.17) is 5.73 Å².